The van der Waals surface area contributed by atoms with Crippen molar-refractivity contribution in [3.63, 3.8) is 0 Å². The molecule has 0 aliphatic rings. The largest absolute Gasteiger partial charge is 0.472 e. The van der Waals surface area contributed by atoms with Crippen molar-refractivity contribution in [1.29, 1.82) is 0 Å². The van der Waals surface area contributed by atoms with Gasteiger partial charge in [0.05, 0.1) is 13.2 Å². The van der Waals surface area contributed by atoms with Gasteiger partial charge in [-0.2, -0.15) is 0 Å². The van der Waals surface area contributed by atoms with Crippen LogP contribution in [0.1, 0.15) is 296 Å². The van der Waals surface area contributed by atoms with Gasteiger partial charge in [0.2, 0.25) is 0 Å². The zero-order valence-corrected chi connectivity index (χ0v) is 43.9. The number of esters is 2. The Labute approximate surface area is 402 Å². The first-order valence-electron chi connectivity index (χ1n) is 28.2. The van der Waals surface area contributed by atoms with Crippen molar-refractivity contribution < 1.29 is 37.6 Å². The minimum atomic E-state index is -4.38. The molecule has 0 aromatic rings. The number of unbranched alkanes of at least 4 members (excludes halogenated alkanes) is 39. The normalized spacial score (nSPS) is 13.1. The molecule has 0 heterocycles. The smallest absolute Gasteiger partial charge is 0.462 e. The van der Waals surface area contributed by atoms with E-state index in [4.69, 9.17) is 24.3 Å². The summed E-state index contributed by atoms with van der Waals surface area (Å²) < 4.78 is 32.9. The van der Waals surface area contributed by atoms with Gasteiger partial charge in [-0.05, 0) is 38.5 Å². The van der Waals surface area contributed by atoms with Crippen molar-refractivity contribution in [3.8, 4) is 0 Å². The maximum Gasteiger partial charge on any atom is 0.472 e. The summed E-state index contributed by atoms with van der Waals surface area (Å²) >= 11 is 0. The average Bonchev–Trinajstić information content (AvgIpc) is 3.30. The first-order chi connectivity index (χ1) is 31.8. The first-order valence-corrected chi connectivity index (χ1v) is 29.7. The molecule has 0 spiro atoms. The molecular formula is C55H108NO8P. The Balaban J connectivity index is 3.83. The summed E-state index contributed by atoms with van der Waals surface area (Å²) in [6, 6.07) is 0. The van der Waals surface area contributed by atoms with Gasteiger partial charge in [-0.3, -0.25) is 18.6 Å². The molecule has 0 aromatic carbocycles. The summed E-state index contributed by atoms with van der Waals surface area (Å²) in [6.07, 6.45) is 58.5. The molecule has 65 heavy (non-hydrogen) atoms. The molecule has 0 aromatic heterocycles. The van der Waals surface area contributed by atoms with Gasteiger partial charge < -0.3 is 20.1 Å². The molecule has 9 nitrogen and oxygen atoms in total. The number of hydrogen-bond acceptors (Lipinski definition) is 8. The highest BCUT2D eigenvalue weighted by Gasteiger charge is 2.26. The molecule has 0 fully saturated rings. The molecule has 2 atom stereocenters. The highest BCUT2D eigenvalue weighted by Crippen LogP contribution is 2.43. The fourth-order valence-corrected chi connectivity index (χ4v) is 9.22. The molecule has 0 aliphatic carbocycles. The van der Waals surface area contributed by atoms with Crippen molar-refractivity contribution in [3.05, 3.63) is 12.2 Å². The number of nitrogens with two attached hydrogens (primary N) is 1. The molecule has 2 unspecified atom stereocenters. The van der Waals surface area contributed by atoms with Crippen LogP contribution in [0, 0.1) is 0 Å². The lowest BCUT2D eigenvalue weighted by atomic mass is 10.0. The van der Waals surface area contributed by atoms with E-state index in [1.807, 2.05) is 0 Å². The number of phosphoric ester groups is 1. The van der Waals surface area contributed by atoms with Gasteiger partial charge in [-0.1, -0.05) is 257 Å². The SMILES string of the molecule is CCCCCCCCCC/C=C\CCCCCCCCCCCCCCCCCCCCCC(=O)OC(COC(=O)CCCCCCCCCCCCCCC)COP(=O)(O)OCCN. The maximum atomic E-state index is 12.7. The predicted octanol–water partition coefficient (Wildman–Crippen LogP) is 17.3. The lowest BCUT2D eigenvalue weighted by Crippen LogP contribution is -2.29. The summed E-state index contributed by atoms with van der Waals surface area (Å²) in [5.41, 5.74) is 5.37. The van der Waals surface area contributed by atoms with Crippen LogP contribution < -0.4 is 5.73 Å². The standard InChI is InChI=1S/C55H108NO8P/c1-3-5-7-9-11-13-15-17-18-19-20-21-22-23-24-25-26-27-28-29-30-31-32-33-34-36-38-40-42-44-46-48-55(58)64-53(52-63-65(59,60)62-50-49-56)51-61-54(57)47-45-43-41-39-37-35-16-14-12-10-8-6-4-2/h19-20,53H,3-18,21-52,56H2,1-2H3,(H,59,60)/b20-19-. The predicted molar refractivity (Wildman–Crippen MR) is 275 cm³/mol. The number of allylic oxidation sites excluding steroid dienone is 2. The summed E-state index contributed by atoms with van der Waals surface area (Å²) in [5, 5.41) is 0. The molecule has 386 valence electrons. The summed E-state index contributed by atoms with van der Waals surface area (Å²) in [6.45, 7) is 3.79. The van der Waals surface area contributed by atoms with E-state index in [1.54, 1.807) is 0 Å². The molecule has 0 saturated carbocycles. The van der Waals surface area contributed by atoms with E-state index in [9.17, 15) is 19.0 Å². The van der Waals surface area contributed by atoms with Gasteiger partial charge in [-0.25, -0.2) is 4.57 Å². The van der Waals surface area contributed by atoms with Crippen molar-refractivity contribution in [1.82, 2.24) is 0 Å². The summed E-state index contributed by atoms with van der Waals surface area (Å²) in [4.78, 5) is 35.0. The van der Waals surface area contributed by atoms with E-state index in [0.717, 1.165) is 32.1 Å². The molecule has 0 radical (unpaired) electrons. The van der Waals surface area contributed by atoms with Crippen LogP contribution in [0.25, 0.3) is 0 Å². The Bertz CT molecular complexity index is 1070. The third-order valence-electron chi connectivity index (χ3n) is 12.7. The minimum Gasteiger partial charge on any atom is -0.462 e. The Hall–Kier alpha value is -1.25. The van der Waals surface area contributed by atoms with Gasteiger partial charge in [0.15, 0.2) is 6.10 Å². The van der Waals surface area contributed by atoms with Crippen LogP contribution in [0.3, 0.4) is 0 Å². The van der Waals surface area contributed by atoms with Crippen LogP contribution >= 0.6 is 7.82 Å². The summed E-state index contributed by atoms with van der Waals surface area (Å²) in [5.74, 6) is -0.809. The molecule has 0 bridgehead atoms. The van der Waals surface area contributed by atoms with E-state index >= 15 is 0 Å². The zero-order chi connectivity index (χ0) is 47.4. The Morgan fingerprint density at radius 3 is 1.09 bits per heavy atom. The molecule has 0 aliphatic heterocycles. The highest BCUT2D eigenvalue weighted by molar-refractivity contribution is 7.47. The van der Waals surface area contributed by atoms with Crippen molar-refractivity contribution in [2.75, 3.05) is 26.4 Å². The van der Waals surface area contributed by atoms with Crippen LogP contribution in [-0.2, 0) is 32.7 Å². The quantitative estimate of drug-likeness (QED) is 0.0264. The number of carbonyl (C=O) groups is 2. The molecule has 10 heteroatoms. The number of rotatable bonds is 54. The molecular weight excluding hydrogens is 834 g/mol. The van der Waals surface area contributed by atoms with Gasteiger partial charge in [0.1, 0.15) is 6.61 Å². The van der Waals surface area contributed by atoms with Crippen LogP contribution in [-0.4, -0.2) is 49.3 Å². The van der Waals surface area contributed by atoms with Gasteiger partial charge in [0, 0.05) is 19.4 Å². The van der Waals surface area contributed by atoms with Crippen molar-refractivity contribution in [2.45, 2.75) is 302 Å². The Kier molecular flexibility index (Phi) is 51.1. The van der Waals surface area contributed by atoms with E-state index in [-0.39, 0.29) is 38.6 Å². The molecule has 0 saturated heterocycles. The Morgan fingerprint density at radius 2 is 0.754 bits per heavy atom. The minimum absolute atomic E-state index is 0.0574. The molecule has 0 rings (SSSR count). The van der Waals surface area contributed by atoms with Crippen LogP contribution in [0.5, 0.6) is 0 Å². The fraction of sp³-hybridized carbons (Fsp3) is 0.927. The van der Waals surface area contributed by atoms with Crippen LogP contribution in [0.2, 0.25) is 0 Å². The Morgan fingerprint density at radius 1 is 0.446 bits per heavy atom. The van der Waals surface area contributed by atoms with E-state index in [1.165, 1.54) is 231 Å². The maximum absolute atomic E-state index is 12.7. The van der Waals surface area contributed by atoms with Crippen molar-refractivity contribution in [2.24, 2.45) is 5.73 Å². The van der Waals surface area contributed by atoms with E-state index < -0.39 is 26.5 Å². The number of phosphoric acid groups is 1. The first kappa shape index (κ1) is 63.8. The average molecular weight is 942 g/mol. The third kappa shape index (κ3) is 52.0. The zero-order valence-electron chi connectivity index (χ0n) is 43.0. The number of carbonyl (C=O) groups excluding carboxylic acids is 2. The monoisotopic (exact) mass is 942 g/mol. The number of ether oxygens (including phenoxy) is 2. The van der Waals surface area contributed by atoms with Gasteiger partial charge in [0.25, 0.3) is 0 Å². The lowest BCUT2D eigenvalue weighted by Gasteiger charge is -2.19. The second kappa shape index (κ2) is 52.1. The van der Waals surface area contributed by atoms with E-state index in [0.29, 0.717) is 6.42 Å². The van der Waals surface area contributed by atoms with Gasteiger partial charge in [-0.15, -0.1) is 0 Å². The second-order valence-electron chi connectivity index (χ2n) is 19.2. The van der Waals surface area contributed by atoms with E-state index in [2.05, 4.69) is 26.0 Å². The van der Waals surface area contributed by atoms with Gasteiger partial charge >= 0.3 is 19.8 Å². The highest BCUT2D eigenvalue weighted by atomic mass is 31.2. The van der Waals surface area contributed by atoms with Crippen LogP contribution in [0.4, 0.5) is 0 Å². The second-order valence-corrected chi connectivity index (χ2v) is 20.6. The molecule has 0 amide bonds. The van der Waals surface area contributed by atoms with Crippen molar-refractivity contribution >= 4 is 19.8 Å². The fourth-order valence-electron chi connectivity index (χ4n) is 8.46. The number of hydrogen-bond donors (Lipinski definition) is 2. The summed E-state index contributed by atoms with van der Waals surface area (Å²) in [7, 11) is -4.38. The topological polar surface area (TPSA) is 134 Å². The molecule has 3 N–H and O–H groups in total. The van der Waals surface area contributed by atoms with Crippen LogP contribution in [0.15, 0.2) is 12.2 Å². The third-order valence-corrected chi connectivity index (χ3v) is 13.6. The lowest BCUT2D eigenvalue weighted by molar-refractivity contribution is -0.161.